The summed E-state index contributed by atoms with van der Waals surface area (Å²) in [4.78, 5) is 27.8. The summed E-state index contributed by atoms with van der Waals surface area (Å²) in [7, 11) is 0. The van der Waals surface area contributed by atoms with Crippen LogP contribution in [0.5, 0.6) is 17.2 Å². The lowest BCUT2D eigenvalue weighted by molar-refractivity contribution is -0.115. The predicted molar refractivity (Wildman–Crippen MR) is 145 cm³/mol. The van der Waals surface area contributed by atoms with Gasteiger partial charge in [-0.15, -0.1) is 0 Å². The molecule has 0 radical (unpaired) electrons. The molecule has 10 nitrogen and oxygen atoms in total. The Labute approximate surface area is 218 Å². The molecule has 2 aromatic carbocycles. The highest BCUT2D eigenvalue weighted by molar-refractivity contribution is 8.26. The normalized spacial score (nSPS) is 15.8. The van der Waals surface area contributed by atoms with Gasteiger partial charge < -0.3 is 19.5 Å². The van der Waals surface area contributed by atoms with E-state index in [1.807, 2.05) is 13.8 Å². The Kier molecular flexibility index (Phi) is 8.24. The zero-order valence-corrected chi connectivity index (χ0v) is 21.6. The van der Waals surface area contributed by atoms with Crippen molar-refractivity contribution in [2.24, 2.45) is 10.1 Å². The molecule has 192 valence electrons. The Hall–Kier alpha value is -4.12. The molecule has 0 saturated carbocycles. The van der Waals surface area contributed by atoms with Crippen LogP contribution in [0.1, 0.15) is 32.8 Å². The molecule has 0 aliphatic carbocycles. The maximum absolute atomic E-state index is 12.6. The zero-order chi connectivity index (χ0) is 26.4. The maximum Gasteiger partial charge on any atom is 0.283 e. The second kappa shape index (κ2) is 11.7. The molecule has 0 unspecified atom stereocenters. The van der Waals surface area contributed by atoms with Gasteiger partial charge in [-0.1, -0.05) is 13.0 Å². The number of anilines is 1. The number of amidine groups is 2. The Morgan fingerprint density at radius 3 is 2.54 bits per heavy atom. The van der Waals surface area contributed by atoms with Gasteiger partial charge in [0.15, 0.2) is 17.3 Å². The van der Waals surface area contributed by atoms with Gasteiger partial charge in [-0.2, -0.15) is 15.1 Å². The van der Waals surface area contributed by atoms with Crippen LogP contribution in [-0.4, -0.2) is 52.7 Å². The Morgan fingerprint density at radius 2 is 1.84 bits per heavy atom. The van der Waals surface area contributed by atoms with Crippen LogP contribution >= 0.6 is 11.8 Å². The maximum atomic E-state index is 12.6. The Morgan fingerprint density at radius 1 is 1.08 bits per heavy atom. The third-order valence-electron chi connectivity index (χ3n) is 5.16. The minimum atomic E-state index is -0.475. The molecule has 0 atom stereocenters. The predicted octanol–water partition coefficient (Wildman–Crippen LogP) is 4.53. The van der Waals surface area contributed by atoms with Crippen LogP contribution in [0.25, 0.3) is 6.08 Å². The van der Waals surface area contributed by atoms with Crippen molar-refractivity contribution < 1.29 is 23.8 Å². The Balaban J connectivity index is 1.40. The number of thioether (sulfide) groups is 1. The summed E-state index contributed by atoms with van der Waals surface area (Å²) in [5.74, 6) is 1.09. The third-order valence-corrected chi connectivity index (χ3v) is 6.21. The number of rotatable bonds is 10. The van der Waals surface area contributed by atoms with E-state index >= 15 is 0 Å². The molecule has 0 fully saturated rings. The molecule has 0 saturated heterocycles. The first kappa shape index (κ1) is 26.0. The molecule has 2 amide bonds. The van der Waals surface area contributed by atoms with E-state index in [-0.39, 0.29) is 23.9 Å². The molecule has 11 heteroatoms. The first-order valence-corrected chi connectivity index (χ1v) is 12.6. The van der Waals surface area contributed by atoms with Crippen molar-refractivity contribution in [2.45, 2.75) is 27.2 Å². The number of aliphatic imine (C=N–C) groups is 1. The lowest BCUT2D eigenvalue weighted by atomic mass is 10.1. The first-order valence-electron chi connectivity index (χ1n) is 11.8. The zero-order valence-electron chi connectivity index (χ0n) is 20.7. The summed E-state index contributed by atoms with van der Waals surface area (Å²) in [6, 6.07) is 12.4. The van der Waals surface area contributed by atoms with Gasteiger partial charge in [-0.3, -0.25) is 15.0 Å². The van der Waals surface area contributed by atoms with Gasteiger partial charge in [-0.25, -0.2) is 0 Å². The number of hydrogen-bond donors (Lipinski definition) is 2. The number of nitrogens with one attached hydrogen (secondary N) is 2. The fourth-order valence-corrected chi connectivity index (χ4v) is 4.32. The summed E-state index contributed by atoms with van der Waals surface area (Å²) in [6.07, 6.45) is 2.31. The molecule has 0 aromatic heterocycles. The molecule has 2 aliphatic rings. The van der Waals surface area contributed by atoms with Crippen LogP contribution in [0.4, 0.5) is 5.69 Å². The molecule has 37 heavy (non-hydrogen) atoms. The van der Waals surface area contributed by atoms with E-state index in [2.05, 4.69) is 15.4 Å². The number of benzene rings is 2. The number of carbonyl (C=O) groups excluding carboxylic acids is 2. The largest absolute Gasteiger partial charge is 0.490 e. The van der Waals surface area contributed by atoms with E-state index in [0.717, 1.165) is 5.04 Å². The first-order chi connectivity index (χ1) is 17.9. The van der Waals surface area contributed by atoms with Crippen molar-refractivity contribution in [1.82, 2.24) is 5.01 Å². The highest BCUT2D eigenvalue weighted by atomic mass is 32.2. The third kappa shape index (κ3) is 6.36. The van der Waals surface area contributed by atoms with Gasteiger partial charge in [0.2, 0.25) is 11.1 Å². The number of fused-ring (bicyclic) bond motifs is 1. The minimum absolute atomic E-state index is 0.00788. The SMILES string of the molecule is CCOc1cc(/C=C2\C(=N)N3N=C(CC)SC3=NC2=O)ccc1OCCOc1ccc(NC(C)=O)cc1. The number of ether oxygens (including phenoxy) is 3. The summed E-state index contributed by atoms with van der Waals surface area (Å²) in [5, 5.41) is 18.2. The highest BCUT2D eigenvalue weighted by Gasteiger charge is 2.35. The van der Waals surface area contributed by atoms with Crippen LogP contribution in [0.3, 0.4) is 0 Å². The van der Waals surface area contributed by atoms with Crippen LogP contribution in [0, 0.1) is 5.41 Å². The average Bonchev–Trinajstić information content (AvgIpc) is 3.29. The van der Waals surface area contributed by atoms with E-state index in [0.29, 0.717) is 53.3 Å². The van der Waals surface area contributed by atoms with Crippen molar-refractivity contribution in [1.29, 1.82) is 5.41 Å². The van der Waals surface area contributed by atoms with E-state index < -0.39 is 5.91 Å². The molecule has 2 heterocycles. The van der Waals surface area contributed by atoms with E-state index in [9.17, 15) is 9.59 Å². The molecular formula is C26H27N5O5S. The number of hydrazone groups is 1. The fourth-order valence-electron chi connectivity index (χ4n) is 3.49. The lowest BCUT2D eigenvalue weighted by Gasteiger charge is -2.20. The second-order valence-electron chi connectivity index (χ2n) is 7.91. The number of amides is 2. The molecular weight excluding hydrogens is 494 g/mol. The molecule has 0 bridgehead atoms. The van der Waals surface area contributed by atoms with E-state index in [4.69, 9.17) is 19.6 Å². The Bertz CT molecular complexity index is 1300. The van der Waals surface area contributed by atoms with Crippen LogP contribution in [0.15, 0.2) is 58.1 Å². The number of nitrogens with zero attached hydrogens (tertiary/aromatic N) is 3. The summed E-state index contributed by atoms with van der Waals surface area (Å²) in [5.41, 5.74) is 1.52. The van der Waals surface area contributed by atoms with Gasteiger partial charge in [0.05, 0.1) is 12.2 Å². The van der Waals surface area contributed by atoms with Gasteiger partial charge in [0.1, 0.15) is 24.0 Å². The highest BCUT2D eigenvalue weighted by Crippen LogP contribution is 2.32. The molecule has 4 rings (SSSR count). The van der Waals surface area contributed by atoms with Gasteiger partial charge >= 0.3 is 0 Å². The number of carbonyl (C=O) groups is 2. The van der Waals surface area contributed by atoms with Crippen molar-refractivity contribution >= 4 is 51.4 Å². The standard InChI is InChI=1S/C26H27N5O5S/c1-4-23-30-31-24(27)20(25(33)29-26(31)37-23)14-17-6-11-21(22(15-17)34-5-2)36-13-12-35-19-9-7-18(8-10-19)28-16(3)32/h6-11,14-15,27H,4-5,12-13H2,1-3H3,(H,28,32)/b20-14+,27-24?. The van der Waals surface area contributed by atoms with E-state index in [1.54, 1.807) is 48.5 Å². The van der Waals surface area contributed by atoms with Crippen LogP contribution in [0.2, 0.25) is 0 Å². The van der Waals surface area contributed by atoms with Gasteiger partial charge in [0.25, 0.3) is 5.91 Å². The summed E-state index contributed by atoms with van der Waals surface area (Å²) < 4.78 is 17.3. The van der Waals surface area contributed by atoms with Crippen molar-refractivity contribution in [3.63, 3.8) is 0 Å². The van der Waals surface area contributed by atoms with Crippen LogP contribution < -0.4 is 19.5 Å². The van der Waals surface area contributed by atoms with E-state index in [1.165, 1.54) is 23.7 Å². The molecule has 0 spiro atoms. The van der Waals surface area contributed by atoms with Gasteiger partial charge in [0, 0.05) is 12.6 Å². The second-order valence-corrected chi connectivity index (χ2v) is 8.95. The van der Waals surface area contributed by atoms with Crippen molar-refractivity contribution in [3.8, 4) is 17.2 Å². The fraction of sp³-hybridized carbons (Fsp3) is 0.269. The summed E-state index contributed by atoms with van der Waals surface area (Å²) >= 11 is 1.31. The van der Waals surface area contributed by atoms with Crippen molar-refractivity contribution in [2.75, 3.05) is 25.1 Å². The topological polar surface area (TPSA) is 126 Å². The summed E-state index contributed by atoms with van der Waals surface area (Å²) in [6.45, 7) is 6.29. The van der Waals surface area contributed by atoms with Crippen LogP contribution in [-0.2, 0) is 9.59 Å². The van der Waals surface area contributed by atoms with Gasteiger partial charge in [-0.05, 0) is 73.1 Å². The minimum Gasteiger partial charge on any atom is -0.490 e. The number of hydrogen-bond acceptors (Lipinski definition) is 8. The van der Waals surface area contributed by atoms with Crippen molar-refractivity contribution in [3.05, 3.63) is 53.6 Å². The smallest absolute Gasteiger partial charge is 0.283 e. The quantitative estimate of drug-likeness (QED) is 0.347. The molecule has 2 N–H and O–H groups in total. The molecule has 2 aromatic rings. The average molecular weight is 522 g/mol. The lowest BCUT2D eigenvalue weighted by Crippen LogP contribution is -2.35. The molecule has 2 aliphatic heterocycles. The monoisotopic (exact) mass is 521 g/mol.